The molecule has 0 aliphatic heterocycles. The molecule has 0 amide bonds. The highest BCUT2D eigenvalue weighted by atomic mass is 16.6. The molecule has 0 unspecified atom stereocenters. The minimum absolute atomic E-state index is 0.0223. The van der Waals surface area contributed by atoms with Crippen molar-refractivity contribution in [3.05, 3.63) is 27.8 Å². The van der Waals surface area contributed by atoms with Crippen LogP contribution in [0.3, 0.4) is 0 Å². The predicted molar refractivity (Wildman–Crippen MR) is 66.9 cm³/mol. The Morgan fingerprint density at radius 3 is 2.68 bits per heavy atom. The van der Waals surface area contributed by atoms with E-state index >= 15 is 0 Å². The van der Waals surface area contributed by atoms with Gasteiger partial charge in [0.15, 0.2) is 5.75 Å². The second kappa shape index (κ2) is 7.32. The second-order valence-electron chi connectivity index (χ2n) is 3.60. The number of rotatable bonds is 8. The molecule has 1 aromatic rings. The normalized spacial score (nSPS) is 10.0. The smallest absolute Gasteiger partial charge is 0.315 e. The number of aldehydes is 1. The van der Waals surface area contributed by atoms with Gasteiger partial charge in [0, 0.05) is 24.7 Å². The molecule has 1 N–H and O–H groups in total. The third-order valence-electron chi connectivity index (χ3n) is 2.24. The van der Waals surface area contributed by atoms with Gasteiger partial charge in [-0.15, -0.1) is 0 Å². The Kier molecular flexibility index (Phi) is 5.74. The van der Waals surface area contributed by atoms with E-state index in [1.54, 1.807) is 6.92 Å². The van der Waals surface area contributed by atoms with Crippen molar-refractivity contribution in [2.45, 2.75) is 13.3 Å². The first-order valence-electron chi connectivity index (χ1n) is 5.78. The van der Waals surface area contributed by atoms with E-state index in [2.05, 4.69) is 0 Å². The number of hydrogen-bond donors (Lipinski definition) is 1. The summed E-state index contributed by atoms with van der Waals surface area (Å²) in [5.41, 5.74) is -0.185. The lowest BCUT2D eigenvalue weighted by atomic mass is 10.2. The Hall–Kier alpha value is -2.15. The molecule has 7 heteroatoms. The van der Waals surface area contributed by atoms with Gasteiger partial charge < -0.3 is 14.6 Å². The summed E-state index contributed by atoms with van der Waals surface area (Å²) in [4.78, 5) is 21.1. The molecule has 0 heterocycles. The van der Waals surface area contributed by atoms with Crippen LogP contribution < -0.4 is 9.47 Å². The zero-order valence-electron chi connectivity index (χ0n) is 10.5. The topological polar surface area (TPSA) is 98.9 Å². The molecule has 19 heavy (non-hydrogen) atoms. The molecular weight excluding hydrogens is 254 g/mol. The van der Waals surface area contributed by atoms with Crippen molar-refractivity contribution in [3.8, 4) is 11.5 Å². The van der Waals surface area contributed by atoms with Crippen molar-refractivity contribution in [3.63, 3.8) is 0 Å². The van der Waals surface area contributed by atoms with Gasteiger partial charge in [0.2, 0.25) is 5.75 Å². The number of nitro benzene ring substituents is 1. The summed E-state index contributed by atoms with van der Waals surface area (Å²) in [6, 6.07) is 2.52. The molecule has 1 aromatic carbocycles. The van der Waals surface area contributed by atoms with Crippen LogP contribution in [0, 0.1) is 10.1 Å². The van der Waals surface area contributed by atoms with Crippen molar-refractivity contribution >= 4 is 12.0 Å². The first kappa shape index (κ1) is 14.9. The van der Waals surface area contributed by atoms with E-state index < -0.39 is 4.92 Å². The van der Waals surface area contributed by atoms with E-state index in [0.717, 1.165) is 6.07 Å². The van der Waals surface area contributed by atoms with Crippen LogP contribution >= 0.6 is 0 Å². The molecule has 0 atom stereocenters. The number of aliphatic hydroxyl groups is 1. The highest BCUT2D eigenvalue weighted by Gasteiger charge is 2.22. The van der Waals surface area contributed by atoms with Gasteiger partial charge in [0.05, 0.1) is 18.1 Å². The fraction of sp³-hybridized carbons (Fsp3) is 0.417. The summed E-state index contributed by atoms with van der Waals surface area (Å²) >= 11 is 0. The molecule has 0 bridgehead atoms. The maximum Gasteiger partial charge on any atom is 0.315 e. The average Bonchev–Trinajstić information content (AvgIpc) is 2.40. The van der Waals surface area contributed by atoms with E-state index in [0.29, 0.717) is 12.7 Å². The summed E-state index contributed by atoms with van der Waals surface area (Å²) in [6.45, 7) is 2.05. The van der Waals surface area contributed by atoms with Gasteiger partial charge in [0.25, 0.3) is 0 Å². The van der Waals surface area contributed by atoms with Crippen molar-refractivity contribution in [1.82, 2.24) is 0 Å². The van der Waals surface area contributed by atoms with Gasteiger partial charge in [-0.25, -0.2) is 0 Å². The lowest BCUT2D eigenvalue weighted by Crippen LogP contribution is -2.06. The van der Waals surface area contributed by atoms with Crippen LogP contribution in [0.25, 0.3) is 0 Å². The molecule has 0 aromatic heterocycles. The van der Waals surface area contributed by atoms with Gasteiger partial charge in [-0.05, 0) is 13.0 Å². The fourth-order valence-electron chi connectivity index (χ4n) is 1.46. The minimum Gasteiger partial charge on any atom is -0.490 e. The predicted octanol–water partition coefficient (Wildman–Crippen LogP) is 1.57. The van der Waals surface area contributed by atoms with Crippen molar-refractivity contribution in [2.24, 2.45) is 0 Å². The first-order chi connectivity index (χ1) is 9.13. The van der Waals surface area contributed by atoms with Crippen LogP contribution in [0.5, 0.6) is 11.5 Å². The Morgan fingerprint density at radius 1 is 1.42 bits per heavy atom. The van der Waals surface area contributed by atoms with Crippen molar-refractivity contribution < 1.29 is 24.3 Å². The van der Waals surface area contributed by atoms with Crippen molar-refractivity contribution in [1.29, 1.82) is 0 Å². The van der Waals surface area contributed by atoms with E-state index in [1.165, 1.54) is 6.07 Å². The minimum atomic E-state index is -0.635. The van der Waals surface area contributed by atoms with Crippen LogP contribution in [0.1, 0.15) is 23.7 Å². The molecular formula is C12H15NO6. The summed E-state index contributed by atoms with van der Waals surface area (Å²) in [5, 5.41) is 19.7. The molecule has 0 radical (unpaired) electrons. The molecule has 0 aliphatic carbocycles. The largest absolute Gasteiger partial charge is 0.490 e. The number of nitrogens with zero attached hydrogens (tertiary/aromatic N) is 1. The number of hydrogen-bond acceptors (Lipinski definition) is 6. The third kappa shape index (κ3) is 3.92. The molecule has 0 aliphatic rings. The third-order valence-corrected chi connectivity index (χ3v) is 2.24. The SMILES string of the molecule is CCOc1cc(C=O)cc([N+](=O)[O-])c1OCCCO. The van der Waals surface area contributed by atoms with Crippen LogP contribution in [0.2, 0.25) is 0 Å². The zero-order valence-corrected chi connectivity index (χ0v) is 10.5. The van der Waals surface area contributed by atoms with E-state index in [1.807, 2.05) is 0 Å². The van der Waals surface area contributed by atoms with Crippen molar-refractivity contribution in [2.75, 3.05) is 19.8 Å². The van der Waals surface area contributed by atoms with Gasteiger partial charge in [-0.2, -0.15) is 0 Å². The zero-order chi connectivity index (χ0) is 14.3. The fourth-order valence-corrected chi connectivity index (χ4v) is 1.46. The highest BCUT2D eigenvalue weighted by Crippen LogP contribution is 2.38. The number of nitro groups is 1. The van der Waals surface area contributed by atoms with Gasteiger partial charge >= 0.3 is 5.69 Å². The maximum absolute atomic E-state index is 11.0. The summed E-state index contributed by atoms with van der Waals surface area (Å²) < 4.78 is 10.5. The number of ether oxygens (including phenoxy) is 2. The summed E-state index contributed by atoms with van der Waals surface area (Å²) in [6.07, 6.45) is 0.852. The van der Waals surface area contributed by atoms with Crippen LogP contribution in [-0.2, 0) is 0 Å². The number of carbonyl (C=O) groups excluding carboxylic acids is 1. The standard InChI is InChI=1S/C12H15NO6/c1-2-18-11-7-9(8-15)6-10(13(16)17)12(11)19-5-3-4-14/h6-8,14H,2-5H2,1H3. The highest BCUT2D eigenvalue weighted by molar-refractivity contribution is 5.79. The molecule has 7 nitrogen and oxygen atoms in total. The quantitative estimate of drug-likeness (QED) is 0.333. The van der Waals surface area contributed by atoms with Gasteiger partial charge in [0.1, 0.15) is 6.29 Å². The van der Waals surface area contributed by atoms with E-state index in [9.17, 15) is 14.9 Å². The lowest BCUT2D eigenvalue weighted by Gasteiger charge is -2.12. The second-order valence-corrected chi connectivity index (χ2v) is 3.60. The average molecular weight is 269 g/mol. The first-order valence-corrected chi connectivity index (χ1v) is 5.78. The summed E-state index contributed by atoms with van der Waals surface area (Å²) in [5.74, 6) is 0.127. The van der Waals surface area contributed by atoms with Crippen LogP contribution in [-0.4, -0.2) is 36.1 Å². The molecule has 0 saturated carbocycles. The van der Waals surface area contributed by atoms with E-state index in [4.69, 9.17) is 14.6 Å². The molecule has 0 spiro atoms. The Balaban J connectivity index is 3.19. The van der Waals surface area contributed by atoms with Crippen LogP contribution in [0.4, 0.5) is 5.69 Å². The Bertz CT molecular complexity index is 460. The molecule has 0 fully saturated rings. The maximum atomic E-state index is 11.0. The Morgan fingerprint density at radius 2 is 2.16 bits per heavy atom. The van der Waals surface area contributed by atoms with Gasteiger partial charge in [-0.1, -0.05) is 0 Å². The molecule has 104 valence electrons. The monoisotopic (exact) mass is 269 g/mol. The lowest BCUT2D eigenvalue weighted by molar-refractivity contribution is -0.386. The molecule has 1 rings (SSSR count). The van der Waals surface area contributed by atoms with Crippen LogP contribution in [0.15, 0.2) is 12.1 Å². The van der Waals surface area contributed by atoms with E-state index in [-0.39, 0.29) is 42.6 Å². The Labute approximate surface area is 109 Å². The summed E-state index contributed by atoms with van der Waals surface area (Å²) in [7, 11) is 0. The number of carbonyl (C=O) groups is 1. The number of aliphatic hydroxyl groups excluding tert-OH is 1. The number of benzene rings is 1. The molecule has 0 saturated heterocycles. The van der Waals surface area contributed by atoms with Gasteiger partial charge in [-0.3, -0.25) is 14.9 Å².